The molecule has 0 saturated heterocycles. The number of esters is 1. The second kappa shape index (κ2) is 7.46. The van der Waals surface area contributed by atoms with E-state index in [4.69, 9.17) is 4.74 Å². The first-order valence-corrected chi connectivity index (χ1v) is 9.13. The molecule has 1 heterocycles. The lowest BCUT2D eigenvalue weighted by molar-refractivity contribution is -0.385. The van der Waals surface area contributed by atoms with Gasteiger partial charge in [0.05, 0.1) is 16.6 Å². The first-order chi connectivity index (χ1) is 13.2. The number of ketones is 1. The van der Waals surface area contributed by atoms with Gasteiger partial charge in [-0.2, -0.15) is 0 Å². The summed E-state index contributed by atoms with van der Waals surface area (Å²) in [6.45, 7) is 5.17. The Morgan fingerprint density at radius 2 is 2.07 bits per heavy atom. The molecule has 0 fully saturated rings. The van der Waals surface area contributed by atoms with Crippen LogP contribution in [0.2, 0.25) is 0 Å². The number of nitrogens with one attached hydrogen (secondary N) is 1. The van der Waals surface area contributed by atoms with E-state index in [0.717, 1.165) is 5.70 Å². The van der Waals surface area contributed by atoms with Crippen LogP contribution in [0, 0.1) is 10.1 Å². The molecule has 0 saturated carbocycles. The van der Waals surface area contributed by atoms with Crippen LogP contribution in [0.15, 0.2) is 40.7 Å². The summed E-state index contributed by atoms with van der Waals surface area (Å²) in [5.41, 5.74) is 1.89. The largest absolute Gasteiger partial charge is 0.502 e. The third-order valence-electron chi connectivity index (χ3n) is 4.87. The smallest absolute Gasteiger partial charge is 0.337 e. The molecule has 2 N–H and O–H groups in total. The molecule has 8 heteroatoms. The van der Waals surface area contributed by atoms with Gasteiger partial charge in [0.1, 0.15) is 0 Å². The third-order valence-corrected chi connectivity index (χ3v) is 4.87. The molecule has 2 aliphatic rings. The van der Waals surface area contributed by atoms with Crippen LogP contribution < -0.4 is 5.32 Å². The number of phenols is 1. The van der Waals surface area contributed by atoms with Crippen LogP contribution in [0.3, 0.4) is 0 Å². The van der Waals surface area contributed by atoms with Gasteiger partial charge in [-0.05, 0) is 45.2 Å². The number of carbonyl (C=O) groups is 2. The molecule has 0 unspecified atom stereocenters. The molecule has 3 rings (SSSR count). The molecular weight excluding hydrogens is 364 g/mol. The fourth-order valence-corrected chi connectivity index (χ4v) is 3.73. The van der Waals surface area contributed by atoms with Gasteiger partial charge in [0, 0.05) is 35.4 Å². The minimum atomic E-state index is -0.783. The normalized spacial score (nSPS) is 19.4. The SMILES string of the molecule is CC1=C(C(=O)OC(C)C)[C@@H](c2ccc(O)c([N+](=O)[O-])c2)C2=C(CCCC2=O)N1. The molecule has 8 nitrogen and oxygen atoms in total. The maximum Gasteiger partial charge on any atom is 0.337 e. The quantitative estimate of drug-likeness (QED) is 0.463. The molecule has 0 amide bonds. The van der Waals surface area contributed by atoms with E-state index in [1.54, 1.807) is 20.8 Å². The Morgan fingerprint density at radius 1 is 1.36 bits per heavy atom. The average molecular weight is 386 g/mol. The number of benzene rings is 1. The van der Waals surface area contributed by atoms with Crippen LogP contribution >= 0.6 is 0 Å². The number of nitrogens with zero attached hydrogens (tertiary/aromatic N) is 1. The van der Waals surface area contributed by atoms with Crippen molar-refractivity contribution in [1.29, 1.82) is 0 Å². The maximum absolute atomic E-state index is 12.8. The van der Waals surface area contributed by atoms with Crippen molar-refractivity contribution < 1.29 is 24.4 Å². The molecule has 0 radical (unpaired) electrons. The lowest BCUT2D eigenvalue weighted by Crippen LogP contribution is -2.35. The Kier molecular flexibility index (Phi) is 5.22. The number of ether oxygens (including phenoxy) is 1. The van der Waals surface area contributed by atoms with Crippen LogP contribution in [0.25, 0.3) is 0 Å². The third kappa shape index (κ3) is 3.49. The number of carbonyl (C=O) groups excluding carboxylic acids is 2. The molecule has 1 aliphatic heterocycles. The fraction of sp³-hybridized carbons (Fsp3) is 0.400. The zero-order valence-electron chi connectivity index (χ0n) is 15.9. The van der Waals surface area contributed by atoms with Gasteiger partial charge in [-0.15, -0.1) is 0 Å². The maximum atomic E-state index is 12.8. The minimum Gasteiger partial charge on any atom is -0.502 e. The predicted octanol–water partition coefficient (Wildman–Crippen LogP) is 3.22. The van der Waals surface area contributed by atoms with Gasteiger partial charge >= 0.3 is 11.7 Å². The number of dihydropyridines is 1. The van der Waals surface area contributed by atoms with Crippen molar-refractivity contribution in [2.75, 3.05) is 0 Å². The number of hydrogen-bond donors (Lipinski definition) is 2. The summed E-state index contributed by atoms with van der Waals surface area (Å²) < 4.78 is 5.37. The zero-order chi connectivity index (χ0) is 20.6. The molecule has 1 aliphatic carbocycles. The summed E-state index contributed by atoms with van der Waals surface area (Å²) in [6.07, 6.45) is 1.34. The van der Waals surface area contributed by atoms with Gasteiger partial charge in [-0.25, -0.2) is 4.79 Å². The van der Waals surface area contributed by atoms with E-state index in [-0.39, 0.29) is 17.5 Å². The fourth-order valence-electron chi connectivity index (χ4n) is 3.73. The van der Waals surface area contributed by atoms with E-state index < -0.39 is 28.2 Å². The second-order valence-corrected chi connectivity index (χ2v) is 7.22. The van der Waals surface area contributed by atoms with Crippen molar-refractivity contribution in [1.82, 2.24) is 5.32 Å². The first-order valence-electron chi connectivity index (χ1n) is 9.13. The summed E-state index contributed by atoms with van der Waals surface area (Å²) in [7, 11) is 0. The molecule has 1 aromatic rings. The topological polar surface area (TPSA) is 119 Å². The highest BCUT2D eigenvalue weighted by Gasteiger charge is 2.40. The summed E-state index contributed by atoms with van der Waals surface area (Å²) in [6, 6.07) is 3.93. The van der Waals surface area contributed by atoms with Crippen LogP contribution in [0.1, 0.15) is 51.5 Å². The lowest BCUT2D eigenvalue weighted by Gasteiger charge is -2.34. The van der Waals surface area contributed by atoms with Crippen molar-refractivity contribution in [3.8, 4) is 5.75 Å². The number of aromatic hydroxyl groups is 1. The highest BCUT2D eigenvalue weighted by atomic mass is 16.6. The Morgan fingerprint density at radius 3 is 2.71 bits per heavy atom. The minimum absolute atomic E-state index is 0.100. The van der Waals surface area contributed by atoms with Crippen molar-refractivity contribution in [3.05, 3.63) is 56.4 Å². The van der Waals surface area contributed by atoms with Crippen molar-refractivity contribution >= 4 is 17.4 Å². The number of allylic oxidation sites excluding steroid dienone is 3. The standard InChI is InChI=1S/C20H22N2O6/c1-10(2)28-20(25)17-11(3)21-13-5-4-6-16(24)19(13)18(17)12-7-8-15(23)14(9-12)22(26)27/h7-10,18,21,23H,4-6H2,1-3H3/t18-/m1/s1. The molecule has 1 atom stereocenters. The van der Waals surface area contributed by atoms with E-state index in [2.05, 4.69) is 5.32 Å². The molecule has 1 aromatic carbocycles. The molecule has 148 valence electrons. The lowest BCUT2D eigenvalue weighted by atomic mass is 9.75. The average Bonchev–Trinajstić information content (AvgIpc) is 2.60. The number of nitro groups is 1. The Bertz CT molecular complexity index is 929. The Balaban J connectivity index is 2.20. The Labute approximate surface area is 162 Å². The number of hydrogen-bond acceptors (Lipinski definition) is 7. The van der Waals surface area contributed by atoms with E-state index in [1.807, 2.05) is 0 Å². The molecule has 0 aromatic heterocycles. The van der Waals surface area contributed by atoms with Crippen LogP contribution in [-0.2, 0) is 14.3 Å². The van der Waals surface area contributed by atoms with Gasteiger partial charge in [0.25, 0.3) is 0 Å². The van der Waals surface area contributed by atoms with E-state index >= 15 is 0 Å². The summed E-state index contributed by atoms with van der Waals surface area (Å²) >= 11 is 0. The Hall–Kier alpha value is -3.16. The molecule has 0 spiro atoms. The van der Waals surface area contributed by atoms with Gasteiger partial charge in [0.15, 0.2) is 11.5 Å². The van der Waals surface area contributed by atoms with Crippen molar-refractivity contribution in [3.63, 3.8) is 0 Å². The van der Waals surface area contributed by atoms with Crippen molar-refractivity contribution in [2.24, 2.45) is 0 Å². The zero-order valence-corrected chi connectivity index (χ0v) is 15.9. The van der Waals surface area contributed by atoms with Gasteiger partial charge in [-0.3, -0.25) is 14.9 Å². The van der Waals surface area contributed by atoms with Crippen LogP contribution in [0.4, 0.5) is 5.69 Å². The van der Waals surface area contributed by atoms with Gasteiger partial charge < -0.3 is 15.2 Å². The van der Waals surface area contributed by atoms with E-state index in [0.29, 0.717) is 36.1 Å². The van der Waals surface area contributed by atoms with Crippen LogP contribution in [-0.4, -0.2) is 27.9 Å². The number of phenolic OH excluding ortho intramolecular Hbond substituents is 1. The summed E-state index contributed by atoms with van der Waals surface area (Å²) in [5.74, 6) is -1.93. The highest BCUT2D eigenvalue weighted by molar-refractivity contribution is 6.03. The van der Waals surface area contributed by atoms with Crippen LogP contribution in [0.5, 0.6) is 5.75 Å². The predicted molar refractivity (Wildman–Crippen MR) is 100 cm³/mol. The number of rotatable bonds is 4. The summed E-state index contributed by atoms with van der Waals surface area (Å²) in [5, 5.41) is 24.2. The van der Waals surface area contributed by atoms with Crippen molar-refractivity contribution in [2.45, 2.75) is 52.1 Å². The first kappa shape index (κ1) is 19.6. The number of Topliss-reactive ketones (excluding diaryl/α,β-unsaturated/α-hetero) is 1. The molecular formula is C20H22N2O6. The second-order valence-electron chi connectivity index (χ2n) is 7.22. The molecule has 0 bridgehead atoms. The number of nitro benzene ring substituents is 1. The van der Waals surface area contributed by atoms with E-state index in [1.165, 1.54) is 18.2 Å². The molecule has 28 heavy (non-hydrogen) atoms. The highest BCUT2D eigenvalue weighted by Crippen LogP contribution is 2.44. The summed E-state index contributed by atoms with van der Waals surface area (Å²) in [4.78, 5) is 36.2. The van der Waals surface area contributed by atoms with E-state index in [9.17, 15) is 24.8 Å². The van der Waals surface area contributed by atoms with Gasteiger partial charge in [-0.1, -0.05) is 6.07 Å². The van der Waals surface area contributed by atoms with Gasteiger partial charge in [0.2, 0.25) is 0 Å². The monoisotopic (exact) mass is 386 g/mol.